The molecular weight excluding hydrogens is 282 g/mol. The van der Waals surface area contributed by atoms with Crippen LogP contribution in [0.2, 0.25) is 0 Å². The average Bonchev–Trinajstić information content (AvgIpc) is 2.99. The van der Waals surface area contributed by atoms with Crippen molar-refractivity contribution in [2.24, 2.45) is 11.0 Å². The lowest BCUT2D eigenvalue weighted by Crippen LogP contribution is -2.38. The molecule has 0 bridgehead atoms. The number of nitrogens with one attached hydrogen (secondary N) is 2. The molecule has 120 valence electrons. The highest BCUT2D eigenvalue weighted by Crippen LogP contribution is 2.42. The minimum Gasteiger partial charge on any atom is -0.493 e. The number of fused-ring (bicyclic) bond motifs is 1. The average molecular weight is 305 g/mol. The predicted molar refractivity (Wildman–Crippen MR) is 85.0 cm³/mol. The number of rotatable bonds is 5. The molecule has 1 aromatic rings. The van der Waals surface area contributed by atoms with Crippen molar-refractivity contribution in [2.45, 2.75) is 19.4 Å². The third-order valence-electron chi connectivity index (χ3n) is 4.23. The first-order valence-corrected chi connectivity index (χ1v) is 7.69. The Hall–Kier alpha value is -1.95. The Morgan fingerprint density at radius 2 is 1.95 bits per heavy atom. The van der Waals surface area contributed by atoms with Gasteiger partial charge in [0, 0.05) is 31.1 Å². The summed E-state index contributed by atoms with van der Waals surface area (Å²) in [6, 6.07) is 4.16. The van der Waals surface area contributed by atoms with Gasteiger partial charge in [0.15, 0.2) is 11.5 Å². The summed E-state index contributed by atoms with van der Waals surface area (Å²) >= 11 is 0. The summed E-state index contributed by atoms with van der Waals surface area (Å²) in [4.78, 5) is 0. The number of piperidine rings is 1. The Labute approximate surface area is 130 Å². The van der Waals surface area contributed by atoms with Crippen LogP contribution in [-0.2, 0) is 0 Å². The second-order valence-corrected chi connectivity index (χ2v) is 5.46. The molecule has 2 aliphatic heterocycles. The van der Waals surface area contributed by atoms with E-state index in [1.54, 1.807) is 14.2 Å². The third-order valence-corrected chi connectivity index (χ3v) is 4.23. The second-order valence-electron chi connectivity index (χ2n) is 5.46. The Morgan fingerprint density at radius 3 is 2.59 bits per heavy atom. The predicted octanol–water partition coefficient (Wildman–Crippen LogP) is 1.71. The van der Waals surface area contributed by atoms with Gasteiger partial charge in [0.05, 0.1) is 26.9 Å². The molecule has 0 spiro atoms. The molecule has 0 aromatic heterocycles. The third kappa shape index (κ3) is 2.59. The number of nitrogens with zero attached hydrogens (tertiary/aromatic N) is 1. The molecule has 0 amide bonds. The molecule has 3 rings (SSSR count). The molecule has 22 heavy (non-hydrogen) atoms. The van der Waals surface area contributed by atoms with Gasteiger partial charge in [-0.2, -0.15) is 5.10 Å². The van der Waals surface area contributed by atoms with Crippen LogP contribution in [0.25, 0.3) is 0 Å². The van der Waals surface area contributed by atoms with Gasteiger partial charge in [-0.15, -0.1) is 0 Å². The molecule has 6 heteroatoms. The van der Waals surface area contributed by atoms with Crippen LogP contribution in [0.5, 0.6) is 17.2 Å². The quantitative estimate of drug-likeness (QED) is 0.867. The summed E-state index contributed by atoms with van der Waals surface area (Å²) in [7, 11) is 3.29. The molecular formula is C16H23N3O3. The molecule has 2 atom stereocenters. The van der Waals surface area contributed by atoms with Crippen LogP contribution in [-0.4, -0.2) is 39.6 Å². The highest BCUT2D eigenvalue weighted by Gasteiger charge is 2.35. The van der Waals surface area contributed by atoms with Gasteiger partial charge in [0.25, 0.3) is 0 Å². The first-order chi connectivity index (χ1) is 10.8. The van der Waals surface area contributed by atoms with E-state index < -0.39 is 0 Å². The van der Waals surface area contributed by atoms with Crippen molar-refractivity contribution < 1.29 is 14.2 Å². The second kappa shape index (κ2) is 6.44. The minimum absolute atomic E-state index is 0.140. The first kappa shape index (κ1) is 15.0. The molecule has 2 heterocycles. The van der Waals surface area contributed by atoms with Crippen molar-refractivity contribution in [1.29, 1.82) is 0 Å². The number of hydrazone groups is 1. The van der Waals surface area contributed by atoms with Crippen molar-refractivity contribution in [1.82, 2.24) is 10.7 Å². The molecule has 0 radical (unpaired) electrons. The van der Waals surface area contributed by atoms with Gasteiger partial charge in [0.2, 0.25) is 5.75 Å². The molecule has 1 fully saturated rings. The summed E-state index contributed by atoms with van der Waals surface area (Å²) in [5, 5.41) is 7.94. The van der Waals surface area contributed by atoms with E-state index in [9.17, 15) is 0 Å². The summed E-state index contributed by atoms with van der Waals surface area (Å²) in [6.07, 6.45) is 0.999. The molecule has 6 nitrogen and oxygen atoms in total. The highest BCUT2D eigenvalue weighted by molar-refractivity contribution is 5.90. The molecule has 2 N–H and O–H groups in total. The Bertz CT molecular complexity index is 549. The standard InChI is InChI=1S/C16H23N3O3/c1-4-22-16-13(20-2)7-10(8-14(16)21-3)15-11-9-17-6-5-12(11)18-19-15/h7-8,11,15,17,19H,4-6,9H2,1-3H3. The highest BCUT2D eigenvalue weighted by atomic mass is 16.5. The van der Waals surface area contributed by atoms with E-state index in [4.69, 9.17) is 14.2 Å². The van der Waals surface area contributed by atoms with E-state index in [-0.39, 0.29) is 6.04 Å². The van der Waals surface area contributed by atoms with Gasteiger partial charge in [0.1, 0.15) is 0 Å². The van der Waals surface area contributed by atoms with E-state index in [0.29, 0.717) is 29.8 Å². The van der Waals surface area contributed by atoms with Crippen LogP contribution in [0.3, 0.4) is 0 Å². The van der Waals surface area contributed by atoms with Gasteiger partial charge in [-0.3, -0.25) is 0 Å². The Kier molecular flexibility index (Phi) is 4.38. The van der Waals surface area contributed by atoms with E-state index >= 15 is 0 Å². The number of methoxy groups -OCH3 is 2. The zero-order valence-electron chi connectivity index (χ0n) is 13.3. The lowest BCUT2D eigenvalue weighted by Gasteiger charge is -2.26. The van der Waals surface area contributed by atoms with Crippen LogP contribution < -0.4 is 25.0 Å². The molecule has 1 saturated heterocycles. The van der Waals surface area contributed by atoms with Crippen molar-refractivity contribution in [3.8, 4) is 17.2 Å². The van der Waals surface area contributed by atoms with Gasteiger partial charge in [-0.05, 0) is 24.6 Å². The normalized spacial score (nSPS) is 23.3. The zero-order valence-corrected chi connectivity index (χ0v) is 13.3. The van der Waals surface area contributed by atoms with Crippen LogP contribution in [0.4, 0.5) is 0 Å². The topological polar surface area (TPSA) is 64.1 Å². The minimum atomic E-state index is 0.140. The maximum atomic E-state index is 5.66. The monoisotopic (exact) mass is 305 g/mol. The number of hydrogen-bond acceptors (Lipinski definition) is 6. The number of hydrogen-bond donors (Lipinski definition) is 2. The van der Waals surface area contributed by atoms with E-state index in [1.165, 1.54) is 5.71 Å². The number of ether oxygens (including phenoxy) is 3. The first-order valence-electron chi connectivity index (χ1n) is 7.69. The van der Waals surface area contributed by atoms with Crippen molar-refractivity contribution in [3.63, 3.8) is 0 Å². The van der Waals surface area contributed by atoms with E-state index in [0.717, 1.165) is 25.1 Å². The van der Waals surface area contributed by atoms with Crippen LogP contribution in [0.15, 0.2) is 17.2 Å². The summed E-state index contributed by atoms with van der Waals surface area (Å²) < 4.78 is 16.6. The lowest BCUT2D eigenvalue weighted by atomic mass is 9.87. The Balaban J connectivity index is 1.94. The van der Waals surface area contributed by atoms with Gasteiger partial charge in [-0.1, -0.05) is 0 Å². The van der Waals surface area contributed by atoms with Crippen molar-refractivity contribution >= 4 is 5.71 Å². The van der Waals surface area contributed by atoms with Gasteiger partial charge < -0.3 is 25.0 Å². The molecule has 1 aromatic carbocycles. The van der Waals surface area contributed by atoms with E-state index in [1.807, 2.05) is 19.1 Å². The fraction of sp³-hybridized carbons (Fsp3) is 0.562. The summed E-state index contributed by atoms with van der Waals surface area (Å²) in [6.45, 7) is 4.45. The fourth-order valence-corrected chi connectivity index (χ4v) is 3.14. The van der Waals surface area contributed by atoms with Gasteiger partial charge in [-0.25, -0.2) is 0 Å². The van der Waals surface area contributed by atoms with Crippen LogP contribution in [0.1, 0.15) is 24.9 Å². The zero-order chi connectivity index (χ0) is 15.5. The smallest absolute Gasteiger partial charge is 0.203 e. The summed E-state index contributed by atoms with van der Waals surface area (Å²) in [5.74, 6) is 2.41. The molecule has 2 aliphatic rings. The fourth-order valence-electron chi connectivity index (χ4n) is 3.14. The molecule has 0 saturated carbocycles. The SMILES string of the molecule is CCOc1c(OC)cc(C2NN=C3CCNCC32)cc1OC. The maximum absolute atomic E-state index is 5.66. The van der Waals surface area contributed by atoms with E-state index in [2.05, 4.69) is 15.8 Å². The van der Waals surface area contributed by atoms with Crippen LogP contribution >= 0.6 is 0 Å². The molecule has 0 aliphatic carbocycles. The summed E-state index contributed by atoms with van der Waals surface area (Å²) in [5.41, 5.74) is 5.61. The van der Waals surface area contributed by atoms with Gasteiger partial charge >= 0.3 is 0 Å². The Morgan fingerprint density at radius 1 is 1.23 bits per heavy atom. The molecule has 2 unspecified atom stereocenters. The van der Waals surface area contributed by atoms with Crippen molar-refractivity contribution in [3.05, 3.63) is 17.7 Å². The van der Waals surface area contributed by atoms with Crippen molar-refractivity contribution in [2.75, 3.05) is 33.9 Å². The number of benzene rings is 1. The van der Waals surface area contributed by atoms with Crippen LogP contribution in [0, 0.1) is 5.92 Å². The lowest BCUT2D eigenvalue weighted by molar-refractivity contribution is 0.287. The maximum Gasteiger partial charge on any atom is 0.203 e. The largest absolute Gasteiger partial charge is 0.493 e.